The Bertz CT molecular complexity index is 975. The highest BCUT2D eigenvalue weighted by Gasteiger charge is 2.43. The molecule has 0 amide bonds. The van der Waals surface area contributed by atoms with Crippen LogP contribution in [0.2, 0.25) is 5.02 Å². The molecule has 0 saturated heterocycles. The first-order valence-corrected chi connectivity index (χ1v) is 9.87. The number of nitrogens with zero attached hydrogens (tertiary/aromatic N) is 3. The maximum absolute atomic E-state index is 10.8. The summed E-state index contributed by atoms with van der Waals surface area (Å²) in [5, 5.41) is 29.7. The van der Waals surface area contributed by atoms with Crippen LogP contribution in [0.1, 0.15) is 17.2 Å². The zero-order valence-corrected chi connectivity index (χ0v) is 15.9. The number of thioether (sulfide) groups is 1. The minimum Gasteiger partial charge on any atom is -0.507 e. The lowest BCUT2D eigenvalue weighted by molar-refractivity contribution is 0.156. The Morgan fingerprint density at radius 2 is 1.81 bits per heavy atom. The highest BCUT2D eigenvalue weighted by atomic mass is 35.5. The summed E-state index contributed by atoms with van der Waals surface area (Å²) >= 11 is 7.44. The summed E-state index contributed by atoms with van der Waals surface area (Å²) in [6.07, 6.45) is 0.623. The molecule has 0 unspecified atom stereocenters. The topological polar surface area (TPSA) is 85.3 Å². The second-order valence-electron chi connectivity index (χ2n) is 6.05. The van der Waals surface area contributed by atoms with Gasteiger partial charge in [0.05, 0.1) is 6.04 Å². The van der Waals surface area contributed by atoms with E-state index in [2.05, 4.69) is 15.2 Å². The van der Waals surface area contributed by atoms with E-state index < -0.39 is 12.3 Å². The van der Waals surface area contributed by atoms with Crippen molar-refractivity contribution in [2.45, 2.75) is 17.4 Å². The van der Waals surface area contributed by atoms with Crippen LogP contribution >= 0.6 is 23.4 Å². The fraction of sp³-hybridized carbons (Fsp3) is 0.158. The number of aliphatic hydroxyl groups excluding tert-OH is 2. The number of benzene rings is 2. The average molecular weight is 401 g/mol. The van der Waals surface area contributed by atoms with E-state index in [0.29, 0.717) is 21.7 Å². The predicted octanol–water partition coefficient (Wildman–Crippen LogP) is 4.03. The average Bonchev–Trinajstić information content (AvgIpc) is 3.26. The molecule has 3 N–H and O–H groups in total. The lowest BCUT2D eigenvalue weighted by Gasteiger charge is -2.28. The van der Waals surface area contributed by atoms with Gasteiger partial charge in [-0.1, -0.05) is 65.8 Å². The predicted molar refractivity (Wildman–Crippen MR) is 107 cm³/mol. The Balaban J connectivity index is 1.87. The van der Waals surface area contributed by atoms with Gasteiger partial charge in [0.15, 0.2) is 6.23 Å². The lowest BCUT2D eigenvalue weighted by Crippen LogP contribution is -2.35. The van der Waals surface area contributed by atoms with Crippen molar-refractivity contribution in [3.05, 3.63) is 76.5 Å². The summed E-state index contributed by atoms with van der Waals surface area (Å²) in [6.45, 7) is 0. The van der Waals surface area contributed by atoms with E-state index in [1.807, 2.05) is 48.7 Å². The van der Waals surface area contributed by atoms with Gasteiger partial charge in [0.2, 0.25) is 11.1 Å². The van der Waals surface area contributed by atoms with Crippen LogP contribution in [0.5, 0.6) is 0 Å². The molecule has 27 heavy (non-hydrogen) atoms. The Labute approximate surface area is 165 Å². The summed E-state index contributed by atoms with van der Waals surface area (Å²) in [5.41, 5.74) is 2.30. The number of halogens is 1. The molecule has 2 heterocycles. The molecule has 1 aromatic heterocycles. The van der Waals surface area contributed by atoms with Crippen molar-refractivity contribution >= 4 is 34.9 Å². The van der Waals surface area contributed by atoms with Crippen molar-refractivity contribution in [2.24, 2.45) is 0 Å². The molecular weight excluding hydrogens is 384 g/mol. The number of aromatic nitrogens is 3. The molecule has 0 aliphatic carbocycles. The fourth-order valence-corrected chi connectivity index (χ4v) is 3.71. The maximum atomic E-state index is 10.8. The number of H-pyrrole nitrogens is 1. The highest BCUT2D eigenvalue weighted by molar-refractivity contribution is 7.98. The van der Waals surface area contributed by atoms with E-state index in [4.69, 9.17) is 11.6 Å². The summed E-state index contributed by atoms with van der Waals surface area (Å²) in [5.74, 6) is 0.271. The molecule has 0 bridgehead atoms. The SMILES string of the molecule is CSc1n[nH]c(N2[C@@H](O)C(O)=C(c3ccccc3)[C@H]2c2ccc(Cl)cc2)n1. The summed E-state index contributed by atoms with van der Waals surface area (Å²) in [7, 11) is 0. The molecule has 138 valence electrons. The number of aliphatic hydroxyl groups is 2. The number of hydrogen-bond acceptors (Lipinski definition) is 6. The molecule has 2 aromatic carbocycles. The second kappa shape index (κ2) is 7.26. The van der Waals surface area contributed by atoms with Gasteiger partial charge in [-0.05, 0) is 29.5 Å². The first kappa shape index (κ1) is 17.9. The van der Waals surface area contributed by atoms with E-state index in [1.165, 1.54) is 11.8 Å². The minimum atomic E-state index is -1.25. The second-order valence-corrected chi connectivity index (χ2v) is 7.26. The standard InChI is InChI=1S/C19H17ClN4O2S/c1-27-19-21-18(22-23-19)24-15(12-7-9-13(20)10-8-12)14(16(25)17(24)26)11-5-3-2-4-6-11/h2-10,15,17,25-26H,1H3,(H,21,22,23)/t15-,17+/m1/s1. The Kier molecular flexibility index (Phi) is 4.82. The normalized spacial score (nSPS) is 19.7. The largest absolute Gasteiger partial charge is 0.507 e. The van der Waals surface area contributed by atoms with E-state index in [0.717, 1.165) is 11.1 Å². The van der Waals surface area contributed by atoms with E-state index in [1.54, 1.807) is 17.0 Å². The van der Waals surface area contributed by atoms with Crippen LogP contribution in [-0.4, -0.2) is 37.9 Å². The monoisotopic (exact) mass is 400 g/mol. The van der Waals surface area contributed by atoms with Crippen LogP contribution in [0.15, 0.2) is 65.5 Å². The zero-order chi connectivity index (χ0) is 19.0. The Hall–Kier alpha value is -2.48. The van der Waals surface area contributed by atoms with E-state index >= 15 is 0 Å². The molecule has 2 atom stereocenters. The summed E-state index contributed by atoms with van der Waals surface area (Å²) in [4.78, 5) is 6.03. The summed E-state index contributed by atoms with van der Waals surface area (Å²) < 4.78 is 0. The molecule has 0 saturated carbocycles. The van der Waals surface area contributed by atoms with Gasteiger partial charge >= 0.3 is 0 Å². The van der Waals surface area contributed by atoms with Gasteiger partial charge in [-0.2, -0.15) is 4.98 Å². The van der Waals surface area contributed by atoms with Gasteiger partial charge in [0, 0.05) is 10.6 Å². The maximum Gasteiger partial charge on any atom is 0.225 e. The molecule has 1 aliphatic rings. The molecule has 3 aromatic rings. The van der Waals surface area contributed by atoms with Crippen LogP contribution in [0.3, 0.4) is 0 Å². The van der Waals surface area contributed by atoms with Crippen molar-refractivity contribution < 1.29 is 10.2 Å². The van der Waals surface area contributed by atoms with Crippen molar-refractivity contribution in [1.82, 2.24) is 15.2 Å². The highest BCUT2D eigenvalue weighted by Crippen LogP contribution is 2.46. The fourth-order valence-electron chi connectivity index (χ4n) is 3.27. The van der Waals surface area contributed by atoms with E-state index in [9.17, 15) is 10.2 Å². The van der Waals surface area contributed by atoms with Crippen LogP contribution in [0.4, 0.5) is 5.95 Å². The molecule has 0 spiro atoms. The third-order valence-corrected chi connectivity index (χ3v) is 5.29. The third kappa shape index (κ3) is 3.18. The molecule has 8 heteroatoms. The first-order chi connectivity index (χ1) is 13.1. The Morgan fingerprint density at radius 1 is 1.11 bits per heavy atom. The van der Waals surface area contributed by atoms with Crippen LogP contribution in [0, 0.1) is 0 Å². The lowest BCUT2D eigenvalue weighted by atomic mass is 9.94. The minimum absolute atomic E-state index is 0.108. The Morgan fingerprint density at radius 3 is 2.44 bits per heavy atom. The molecule has 1 aliphatic heterocycles. The van der Waals surface area contributed by atoms with Crippen LogP contribution < -0.4 is 4.90 Å². The number of anilines is 1. The first-order valence-electron chi connectivity index (χ1n) is 8.27. The van der Waals surface area contributed by atoms with Gasteiger partial charge in [0.1, 0.15) is 5.76 Å². The van der Waals surface area contributed by atoms with Crippen molar-refractivity contribution in [2.75, 3.05) is 11.2 Å². The van der Waals surface area contributed by atoms with Gasteiger partial charge in [-0.3, -0.25) is 4.90 Å². The number of nitrogens with one attached hydrogen (secondary N) is 1. The van der Waals surface area contributed by atoms with Gasteiger partial charge in [0.25, 0.3) is 0 Å². The molecule has 0 fully saturated rings. The smallest absolute Gasteiger partial charge is 0.225 e. The molecule has 6 nitrogen and oxygen atoms in total. The van der Waals surface area contributed by atoms with Crippen LogP contribution in [0.25, 0.3) is 5.57 Å². The van der Waals surface area contributed by atoms with Crippen molar-refractivity contribution in [3.63, 3.8) is 0 Å². The molecule has 0 radical (unpaired) electrons. The zero-order valence-electron chi connectivity index (χ0n) is 14.4. The van der Waals surface area contributed by atoms with Crippen molar-refractivity contribution in [1.29, 1.82) is 0 Å². The molecular formula is C19H17ClN4O2S. The quantitative estimate of drug-likeness (QED) is 0.573. The number of aromatic amines is 1. The van der Waals surface area contributed by atoms with E-state index in [-0.39, 0.29) is 5.76 Å². The van der Waals surface area contributed by atoms with Gasteiger partial charge in [-0.15, -0.1) is 5.10 Å². The van der Waals surface area contributed by atoms with Gasteiger partial charge in [-0.25, -0.2) is 5.10 Å². The van der Waals surface area contributed by atoms with Gasteiger partial charge < -0.3 is 10.2 Å². The third-order valence-electron chi connectivity index (χ3n) is 4.49. The van der Waals surface area contributed by atoms with Crippen molar-refractivity contribution in [3.8, 4) is 0 Å². The summed E-state index contributed by atoms with van der Waals surface area (Å²) in [6, 6.07) is 16.4. The van der Waals surface area contributed by atoms with Crippen LogP contribution in [-0.2, 0) is 0 Å². The molecule has 4 rings (SSSR count). The number of rotatable bonds is 4. The number of hydrogen-bond donors (Lipinski definition) is 3.